The molecule has 0 radical (unpaired) electrons. The highest BCUT2D eigenvalue weighted by Crippen LogP contribution is 2.22. The lowest BCUT2D eigenvalue weighted by Gasteiger charge is -2.03. The normalized spacial score (nSPS) is 10.8. The van der Waals surface area contributed by atoms with E-state index in [-0.39, 0.29) is 11.8 Å². The summed E-state index contributed by atoms with van der Waals surface area (Å²) in [4.78, 5) is 16.7. The van der Waals surface area contributed by atoms with Gasteiger partial charge in [0, 0.05) is 29.0 Å². The zero-order chi connectivity index (χ0) is 13.2. The molecule has 3 rings (SSSR count). The average Bonchev–Trinajstić information content (AvgIpc) is 3.00. The number of rotatable bonds is 3. The monoisotopic (exact) mass is 291 g/mol. The van der Waals surface area contributed by atoms with E-state index in [1.165, 1.54) is 0 Å². The number of carbonyl (C=O) groups is 1. The maximum atomic E-state index is 11.2. The van der Waals surface area contributed by atoms with Crippen LogP contribution in [0.15, 0.2) is 42.0 Å². The van der Waals surface area contributed by atoms with Gasteiger partial charge in [0.1, 0.15) is 5.88 Å². The van der Waals surface area contributed by atoms with Crippen molar-refractivity contribution in [3.05, 3.63) is 42.0 Å². The molecular weight excluding hydrogens is 282 g/mol. The highest BCUT2D eigenvalue weighted by Gasteiger charge is 2.05. The summed E-state index contributed by atoms with van der Waals surface area (Å²) in [6.45, 7) is 0. The number of alkyl halides is 1. The average molecular weight is 292 g/mol. The molecule has 4 nitrogen and oxygen atoms in total. The fourth-order valence-electron chi connectivity index (χ4n) is 1.79. The van der Waals surface area contributed by atoms with Crippen LogP contribution in [0.4, 0.5) is 5.69 Å². The number of aromatic nitrogens is 2. The van der Waals surface area contributed by atoms with Crippen LogP contribution in [-0.4, -0.2) is 21.2 Å². The van der Waals surface area contributed by atoms with Gasteiger partial charge in [-0.05, 0) is 12.1 Å². The van der Waals surface area contributed by atoms with E-state index in [4.69, 9.17) is 11.6 Å². The first kappa shape index (κ1) is 12.2. The molecule has 1 amide bonds. The minimum atomic E-state index is -0.211. The summed E-state index contributed by atoms with van der Waals surface area (Å²) in [6, 6.07) is 7.53. The molecule has 0 atom stereocenters. The number of nitrogens with one attached hydrogen (secondary N) is 1. The second-order valence-corrected chi connectivity index (χ2v) is 5.12. The number of hydrogen-bond acceptors (Lipinski definition) is 3. The molecule has 6 heteroatoms. The summed E-state index contributed by atoms with van der Waals surface area (Å²) in [5.41, 5.74) is 2.66. The molecule has 0 unspecified atom stereocenters. The quantitative estimate of drug-likeness (QED) is 0.753. The van der Waals surface area contributed by atoms with Gasteiger partial charge >= 0.3 is 0 Å². The first-order valence-electron chi connectivity index (χ1n) is 5.65. The van der Waals surface area contributed by atoms with Gasteiger partial charge in [-0.3, -0.25) is 9.20 Å². The Kier molecular flexibility index (Phi) is 3.23. The maximum Gasteiger partial charge on any atom is 0.239 e. The van der Waals surface area contributed by atoms with Crippen LogP contribution < -0.4 is 5.32 Å². The molecule has 1 aromatic carbocycles. The second kappa shape index (κ2) is 5.03. The summed E-state index contributed by atoms with van der Waals surface area (Å²) in [5, 5.41) is 4.69. The number of halogens is 1. The van der Waals surface area contributed by atoms with Gasteiger partial charge in [0.15, 0.2) is 4.96 Å². The fraction of sp³-hybridized carbons (Fsp3) is 0.0769. The van der Waals surface area contributed by atoms with E-state index in [2.05, 4.69) is 10.3 Å². The van der Waals surface area contributed by atoms with Gasteiger partial charge < -0.3 is 5.32 Å². The number of carbonyl (C=O) groups excluding carboxylic acids is 1. The van der Waals surface area contributed by atoms with E-state index in [1.807, 2.05) is 46.4 Å². The number of anilines is 1. The third kappa shape index (κ3) is 2.47. The molecule has 96 valence electrons. The summed E-state index contributed by atoms with van der Waals surface area (Å²) in [6.07, 6.45) is 3.96. The maximum absolute atomic E-state index is 11.2. The van der Waals surface area contributed by atoms with Gasteiger partial charge in [-0.15, -0.1) is 22.9 Å². The van der Waals surface area contributed by atoms with Crippen molar-refractivity contribution in [2.45, 2.75) is 0 Å². The first-order valence-corrected chi connectivity index (χ1v) is 7.06. The van der Waals surface area contributed by atoms with Crippen LogP contribution in [0.25, 0.3) is 16.2 Å². The molecular formula is C13H10ClN3OS. The zero-order valence-corrected chi connectivity index (χ0v) is 11.4. The summed E-state index contributed by atoms with van der Waals surface area (Å²) in [7, 11) is 0. The van der Waals surface area contributed by atoms with Crippen molar-refractivity contribution < 1.29 is 4.79 Å². The van der Waals surface area contributed by atoms with Crippen LogP contribution >= 0.6 is 22.9 Å². The standard InChI is InChI=1S/C13H10ClN3OS/c14-7-12(18)15-10-3-1-9(2-4-10)11-8-17-5-6-19-13(17)16-11/h1-6,8H,7H2,(H,15,18). The van der Waals surface area contributed by atoms with Gasteiger partial charge in [0.05, 0.1) is 5.69 Å². The Morgan fingerprint density at radius 3 is 2.84 bits per heavy atom. The number of hydrogen-bond donors (Lipinski definition) is 1. The van der Waals surface area contributed by atoms with Crippen molar-refractivity contribution in [2.75, 3.05) is 11.2 Å². The molecule has 0 aliphatic rings. The van der Waals surface area contributed by atoms with E-state index in [0.29, 0.717) is 0 Å². The zero-order valence-electron chi connectivity index (χ0n) is 9.84. The van der Waals surface area contributed by atoms with E-state index in [9.17, 15) is 4.79 Å². The predicted molar refractivity (Wildman–Crippen MR) is 77.9 cm³/mol. The SMILES string of the molecule is O=C(CCl)Nc1ccc(-c2cn3ccsc3n2)cc1. The van der Waals surface area contributed by atoms with E-state index in [1.54, 1.807) is 11.3 Å². The Labute approximate surface area is 118 Å². The molecule has 0 saturated heterocycles. The molecule has 2 aromatic heterocycles. The number of imidazole rings is 1. The Morgan fingerprint density at radius 2 is 2.16 bits per heavy atom. The summed E-state index contributed by atoms with van der Waals surface area (Å²) < 4.78 is 1.99. The highest BCUT2D eigenvalue weighted by molar-refractivity contribution is 7.15. The van der Waals surface area contributed by atoms with Gasteiger partial charge in [-0.2, -0.15) is 0 Å². The van der Waals surface area contributed by atoms with E-state index < -0.39 is 0 Å². The second-order valence-electron chi connectivity index (χ2n) is 3.98. The molecule has 0 aliphatic carbocycles. The Bertz CT molecular complexity index is 688. The van der Waals surface area contributed by atoms with Crippen molar-refractivity contribution >= 4 is 39.5 Å². The van der Waals surface area contributed by atoms with Gasteiger partial charge in [0.25, 0.3) is 0 Å². The lowest BCUT2D eigenvalue weighted by atomic mass is 10.1. The van der Waals surface area contributed by atoms with E-state index >= 15 is 0 Å². The van der Waals surface area contributed by atoms with Crippen LogP contribution in [0.3, 0.4) is 0 Å². The van der Waals surface area contributed by atoms with Gasteiger partial charge in [-0.25, -0.2) is 4.98 Å². The molecule has 0 fully saturated rings. The Hall–Kier alpha value is -1.85. The molecule has 19 heavy (non-hydrogen) atoms. The van der Waals surface area contributed by atoms with Crippen LogP contribution in [0.5, 0.6) is 0 Å². The number of amides is 1. The van der Waals surface area contributed by atoms with Crippen LogP contribution in [0, 0.1) is 0 Å². The number of fused-ring (bicyclic) bond motifs is 1. The minimum Gasteiger partial charge on any atom is -0.325 e. The van der Waals surface area contributed by atoms with Gasteiger partial charge in [0.2, 0.25) is 5.91 Å². The van der Waals surface area contributed by atoms with Crippen LogP contribution in [-0.2, 0) is 4.79 Å². The molecule has 1 N–H and O–H groups in total. The van der Waals surface area contributed by atoms with Crippen LogP contribution in [0.2, 0.25) is 0 Å². The predicted octanol–water partition coefficient (Wildman–Crippen LogP) is 3.24. The van der Waals surface area contributed by atoms with Crippen LogP contribution in [0.1, 0.15) is 0 Å². The Morgan fingerprint density at radius 1 is 1.37 bits per heavy atom. The summed E-state index contributed by atoms with van der Waals surface area (Å²) in [5.74, 6) is -0.254. The Balaban J connectivity index is 1.85. The fourth-order valence-corrected chi connectivity index (χ4v) is 2.55. The molecule has 2 heterocycles. The number of nitrogens with zero attached hydrogens (tertiary/aromatic N) is 2. The number of benzene rings is 1. The topological polar surface area (TPSA) is 46.4 Å². The van der Waals surface area contributed by atoms with Crippen molar-refractivity contribution in [1.29, 1.82) is 0 Å². The smallest absolute Gasteiger partial charge is 0.239 e. The van der Waals surface area contributed by atoms with Crippen molar-refractivity contribution in [2.24, 2.45) is 0 Å². The molecule has 0 spiro atoms. The largest absolute Gasteiger partial charge is 0.325 e. The highest BCUT2D eigenvalue weighted by atomic mass is 35.5. The first-order chi connectivity index (χ1) is 9.26. The third-order valence-electron chi connectivity index (χ3n) is 2.68. The lowest BCUT2D eigenvalue weighted by Crippen LogP contribution is -2.12. The molecule has 0 bridgehead atoms. The van der Waals surface area contributed by atoms with Crippen molar-refractivity contribution in [1.82, 2.24) is 9.38 Å². The molecule has 0 saturated carbocycles. The summed E-state index contributed by atoms with van der Waals surface area (Å²) >= 11 is 7.04. The van der Waals surface area contributed by atoms with E-state index in [0.717, 1.165) is 21.9 Å². The minimum absolute atomic E-state index is 0.0426. The lowest BCUT2D eigenvalue weighted by molar-refractivity contribution is -0.113. The molecule has 0 aliphatic heterocycles. The van der Waals surface area contributed by atoms with Gasteiger partial charge in [-0.1, -0.05) is 12.1 Å². The van der Waals surface area contributed by atoms with Crippen molar-refractivity contribution in [3.63, 3.8) is 0 Å². The number of thiazole rings is 1. The molecule has 3 aromatic rings. The third-order valence-corrected chi connectivity index (χ3v) is 3.69. The van der Waals surface area contributed by atoms with Crippen molar-refractivity contribution in [3.8, 4) is 11.3 Å².